The van der Waals surface area contributed by atoms with Crippen LogP contribution in [0.15, 0.2) is 43.5 Å². The first-order valence-corrected chi connectivity index (χ1v) is 6.05. The predicted octanol–water partition coefficient (Wildman–Crippen LogP) is 4.92. The lowest BCUT2D eigenvalue weighted by molar-refractivity contribution is 1.43. The highest BCUT2D eigenvalue weighted by atomic mass is 14.7. The van der Waals surface area contributed by atoms with Gasteiger partial charge in [0.1, 0.15) is 0 Å². The van der Waals surface area contributed by atoms with Crippen molar-refractivity contribution >= 4 is 34.0 Å². The second-order valence-electron chi connectivity index (χ2n) is 4.51. The second-order valence-corrected chi connectivity index (χ2v) is 4.51. The van der Waals surface area contributed by atoms with Crippen molar-refractivity contribution in [3.8, 4) is 0 Å². The van der Waals surface area contributed by atoms with Gasteiger partial charge in [-0.05, 0) is 30.2 Å². The molecule has 1 heterocycles. The molecule has 18 heavy (non-hydrogen) atoms. The maximum Gasteiger partial charge on any atom is 0.0541 e. The maximum atomic E-state index is 3.93. The van der Waals surface area contributed by atoms with Crippen LogP contribution in [0.3, 0.4) is 0 Å². The number of benzene rings is 2. The Kier molecular flexibility index (Phi) is 2.34. The average Bonchev–Trinajstić information content (AvgIpc) is 2.76. The van der Waals surface area contributed by atoms with Crippen molar-refractivity contribution in [2.75, 3.05) is 0 Å². The van der Waals surface area contributed by atoms with Crippen LogP contribution in [-0.4, -0.2) is 4.98 Å². The Labute approximate surface area is 106 Å². The van der Waals surface area contributed by atoms with Crippen LogP contribution >= 0.6 is 0 Å². The van der Waals surface area contributed by atoms with E-state index in [1.165, 1.54) is 27.5 Å². The Bertz CT molecular complexity index is 775. The van der Waals surface area contributed by atoms with Crippen LogP contribution in [0.2, 0.25) is 0 Å². The maximum absolute atomic E-state index is 3.93. The van der Waals surface area contributed by atoms with Crippen molar-refractivity contribution in [1.82, 2.24) is 4.98 Å². The monoisotopic (exact) mass is 233 g/mol. The lowest BCUT2D eigenvalue weighted by Gasteiger charge is -2.07. The Hall–Kier alpha value is -2.28. The van der Waals surface area contributed by atoms with E-state index in [-0.39, 0.29) is 0 Å². The SMILES string of the molecule is C=Cc1cc2c([nH]c3ccccc32)c(C=C)c1C. The standard InChI is InChI=1S/C17H15N/c1-4-12-10-15-14-8-6-7-9-16(14)18-17(15)13(5-2)11(12)3/h4-10,18H,1-2H2,3H3. The van der Waals surface area contributed by atoms with E-state index in [1.54, 1.807) is 0 Å². The first-order valence-electron chi connectivity index (χ1n) is 6.05. The first kappa shape index (κ1) is 10.8. The second kappa shape index (κ2) is 3.88. The normalized spacial score (nSPS) is 10.9. The van der Waals surface area contributed by atoms with Crippen LogP contribution in [0.4, 0.5) is 0 Å². The molecule has 1 aromatic heterocycles. The number of hydrogen-bond acceptors (Lipinski definition) is 0. The van der Waals surface area contributed by atoms with Gasteiger partial charge in [-0.15, -0.1) is 0 Å². The number of hydrogen-bond donors (Lipinski definition) is 1. The van der Waals surface area contributed by atoms with E-state index in [0.717, 1.165) is 11.0 Å². The number of rotatable bonds is 2. The molecule has 0 saturated carbocycles. The number of nitrogens with one attached hydrogen (secondary N) is 1. The van der Waals surface area contributed by atoms with Crippen molar-refractivity contribution in [3.63, 3.8) is 0 Å². The average molecular weight is 233 g/mol. The molecule has 0 aliphatic rings. The summed E-state index contributed by atoms with van der Waals surface area (Å²) in [5.74, 6) is 0. The van der Waals surface area contributed by atoms with Gasteiger partial charge < -0.3 is 4.98 Å². The molecule has 0 atom stereocenters. The number of aromatic amines is 1. The molecule has 1 nitrogen and oxygen atoms in total. The number of para-hydroxylation sites is 1. The van der Waals surface area contributed by atoms with Crippen LogP contribution < -0.4 is 0 Å². The van der Waals surface area contributed by atoms with Crippen LogP contribution in [-0.2, 0) is 0 Å². The van der Waals surface area contributed by atoms with E-state index in [0.29, 0.717) is 0 Å². The predicted molar refractivity (Wildman–Crippen MR) is 80.7 cm³/mol. The molecule has 0 bridgehead atoms. The zero-order valence-electron chi connectivity index (χ0n) is 10.5. The Morgan fingerprint density at radius 2 is 1.83 bits per heavy atom. The number of H-pyrrole nitrogens is 1. The Morgan fingerprint density at radius 3 is 2.56 bits per heavy atom. The molecule has 0 amide bonds. The minimum absolute atomic E-state index is 1.16. The summed E-state index contributed by atoms with van der Waals surface area (Å²) in [5.41, 5.74) is 5.88. The van der Waals surface area contributed by atoms with Gasteiger partial charge in [-0.1, -0.05) is 43.5 Å². The van der Waals surface area contributed by atoms with Crippen molar-refractivity contribution in [2.24, 2.45) is 0 Å². The third-order valence-corrected chi connectivity index (χ3v) is 3.58. The molecule has 0 aliphatic carbocycles. The molecule has 0 unspecified atom stereocenters. The molecule has 0 spiro atoms. The molecule has 0 fully saturated rings. The van der Waals surface area contributed by atoms with Gasteiger partial charge in [0.25, 0.3) is 0 Å². The summed E-state index contributed by atoms with van der Waals surface area (Å²) in [7, 11) is 0. The molecule has 0 radical (unpaired) electrons. The molecule has 0 aliphatic heterocycles. The van der Waals surface area contributed by atoms with Gasteiger partial charge in [-0.3, -0.25) is 0 Å². The van der Waals surface area contributed by atoms with E-state index in [4.69, 9.17) is 0 Å². The molecule has 1 N–H and O–H groups in total. The van der Waals surface area contributed by atoms with Crippen molar-refractivity contribution in [3.05, 3.63) is 60.2 Å². The smallest absolute Gasteiger partial charge is 0.0541 e. The van der Waals surface area contributed by atoms with Crippen molar-refractivity contribution < 1.29 is 0 Å². The highest BCUT2D eigenvalue weighted by Gasteiger charge is 2.10. The lowest BCUT2D eigenvalue weighted by atomic mass is 9.98. The van der Waals surface area contributed by atoms with Crippen molar-refractivity contribution in [1.29, 1.82) is 0 Å². The van der Waals surface area contributed by atoms with Gasteiger partial charge in [-0.25, -0.2) is 0 Å². The van der Waals surface area contributed by atoms with E-state index in [9.17, 15) is 0 Å². The minimum Gasteiger partial charge on any atom is -0.354 e. The van der Waals surface area contributed by atoms with E-state index in [1.807, 2.05) is 18.2 Å². The summed E-state index contributed by atoms with van der Waals surface area (Å²) in [4.78, 5) is 3.48. The molecule has 0 saturated heterocycles. The third-order valence-electron chi connectivity index (χ3n) is 3.58. The van der Waals surface area contributed by atoms with E-state index in [2.05, 4.69) is 49.3 Å². The van der Waals surface area contributed by atoms with E-state index >= 15 is 0 Å². The first-order chi connectivity index (χ1) is 8.76. The summed E-state index contributed by atoms with van der Waals surface area (Å²) < 4.78 is 0. The zero-order chi connectivity index (χ0) is 12.7. The summed E-state index contributed by atoms with van der Waals surface area (Å²) in [6.07, 6.45) is 3.82. The van der Waals surface area contributed by atoms with Gasteiger partial charge >= 0.3 is 0 Å². The number of fused-ring (bicyclic) bond motifs is 3. The van der Waals surface area contributed by atoms with Crippen LogP contribution in [0.5, 0.6) is 0 Å². The fourth-order valence-corrected chi connectivity index (χ4v) is 2.60. The summed E-state index contributed by atoms with van der Waals surface area (Å²) >= 11 is 0. The topological polar surface area (TPSA) is 15.8 Å². The molecule has 2 aromatic carbocycles. The molecule has 88 valence electrons. The highest BCUT2D eigenvalue weighted by Crippen LogP contribution is 2.32. The van der Waals surface area contributed by atoms with Gasteiger partial charge in [-0.2, -0.15) is 0 Å². The zero-order valence-corrected chi connectivity index (χ0v) is 10.5. The van der Waals surface area contributed by atoms with Crippen LogP contribution in [0.25, 0.3) is 34.0 Å². The molecular weight excluding hydrogens is 218 g/mol. The quantitative estimate of drug-likeness (QED) is 0.647. The van der Waals surface area contributed by atoms with Gasteiger partial charge in [0, 0.05) is 21.9 Å². The Morgan fingerprint density at radius 1 is 1.06 bits per heavy atom. The van der Waals surface area contributed by atoms with Crippen LogP contribution in [0, 0.1) is 6.92 Å². The van der Waals surface area contributed by atoms with Gasteiger partial charge in [0.05, 0.1) is 5.52 Å². The summed E-state index contributed by atoms with van der Waals surface area (Å²) in [6, 6.07) is 10.6. The van der Waals surface area contributed by atoms with Crippen LogP contribution in [0.1, 0.15) is 16.7 Å². The number of aromatic nitrogens is 1. The van der Waals surface area contributed by atoms with E-state index < -0.39 is 0 Å². The Balaban J connectivity index is 2.59. The molecular formula is C17H15N. The lowest BCUT2D eigenvalue weighted by Crippen LogP contribution is -1.87. The fraction of sp³-hybridized carbons (Fsp3) is 0.0588. The van der Waals surface area contributed by atoms with Gasteiger partial charge in [0.2, 0.25) is 0 Å². The fourth-order valence-electron chi connectivity index (χ4n) is 2.60. The molecule has 3 aromatic rings. The third kappa shape index (κ3) is 1.34. The summed E-state index contributed by atoms with van der Waals surface area (Å²) in [6.45, 7) is 9.94. The summed E-state index contributed by atoms with van der Waals surface area (Å²) in [5, 5.41) is 2.49. The van der Waals surface area contributed by atoms with Gasteiger partial charge in [0.15, 0.2) is 0 Å². The minimum atomic E-state index is 1.16. The molecule has 1 heteroatoms. The highest BCUT2D eigenvalue weighted by molar-refractivity contribution is 6.10. The van der Waals surface area contributed by atoms with Crippen molar-refractivity contribution in [2.45, 2.75) is 6.92 Å². The molecule has 3 rings (SSSR count). The largest absolute Gasteiger partial charge is 0.354 e.